The van der Waals surface area contributed by atoms with Gasteiger partial charge in [0.15, 0.2) is 5.78 Å². The average Bonchev–Trinajstić information content (AvgIpc) is 2.85. The van der Waals surface area contributed by atoms with Crippen LogP contribution in [0.5, 0.6) is 0 Å². The summed E-state index contributed by atoms with van der Waals surface area (Å²) in [6, 6.07) is 17.4. The molecule has 34 heavy (non-hydrogen) atoms. The first-order valence-electron chi connectivity index (χ1n) is 10.6. The standard InChI is InChI=1S/C24H22Cl3N3O3S/c25-24(26,27)16-33-23(32)30-13-11-29(12-14-30)18-7-5-17(6-8-18)21(31)15-34-22-9-10-28-20-4-2-1-3-19(20)22/h1-10H,11-16H2. The Kier molecular flexibility index (Phi) is 8.09. The molecule has 0 aliphatic carbocycles. The van der Waals surface area contributed by atoms with Crippen molar-refractivity contribution in [2.75, 3.05) is 43.4 Å². The fourth-order valence-electron chi connectivity index (χ4n) is 3.66. The van der Waals surface area contributed by atoms with E-state index >= 15 is 0 Å². The largest absolute Gasteiger partial charge is 0.445 e. The summed E-state index contributed by atoms with van der Waals surface area (Å²) in [6.07, 6.45) is 1.27. The monoisotopic (exact) mass is 537 g/mol. The lowest BCUT2D eigenvalue weighted by atomic mass is 10.1. The van der Waals surface area contributed by atoms with Crippen LogP contribution < -0.4 is 4.90 Å². The Morgan fingerprint density at radius 1 is 0.971 bits per heavy atom. The van der Waals surface area contributed by atoms with Crippen molar-refractivity contribution in [3.05, 3.63) is 66.4 Å². The fourth-order valence-corrected chi connectivity index (χ4v) is 4.76. The molecule has 1 fully saturated rings. The lowest BCUT2D eigenvalue weighted by Crippen LogP contribution is -2.49. The van der Waals surface area contributed by atoms with Crippen LogP contribution >= 0.6 is 46.6 Å². The normalized spacial score (nSPS) is 14.3. The Balaban J connectivity index is 1.29. The molecular weight excluding hydrogens is 517 g/mol. The van der Waals surface area contributed by atoms with Crippen LogP contribution in [0.3, 0.4) is 0 Å². The zero-order valence-corrected chi connectivity index (χ0v) is 21.2. The number of hydrogen-bond acceptors (Lipinski definition) is 6. The molecule has 1 saturated heterocycles. The quantitative estimate of drug-likeness (QED) is 0.223. The summed E-state index contributed by atoms with van der Waals surface area (Å²) in [7, 11) is 0. The number of nitrogens with zero attached hydrogens (tertiary/aromatic N) is 3. The van der Waals surface area contributed by atoms with Gasteiger partial charge in [-0.25, -0.2) is 4.79 Å². The Morgan fingerprint density at radius 2 is 1.68 bits per heavy atom. The SMILES string of the molecule is O=C(CSc1ccnc2ccccc12)c1ccc(N2CCN(C(=O)OCC(Cl)(Cl)Cl)CC2)cc1. The Hall–Kier alpha value is -2.19. The van der Waals surface area contributed by atoms with Crippen molar-refractivity contribution in [2.45, 2.75) is 8.69 Å². The van der Waals surface area contributed by atoms with Crippen molar-refractivity contribution < 1.29 is 14.3 Å². The molecule has 0 spiro atoms. The highest BCUT2D eigenvalue weighted by molar-refractivity contribution is 8.00. The van der Waals surface area contributed by atoms with Crippen LogP contribution in [-0.4, -0.2) is 64.1 Å². The minimum Gasteiger partial charge on any atom is -0.445 e. The van der Waals surface area contributed by atoms with Gasteiger partial charge in [-0.1, -0.05) is 53.0 Å². The van der Waals surface area contributed by atoms with Crippen molar-refractivity contribution in [2.24, 2.45) is 0 Å². The van der Waals surface area contributed by atoms with Crippen LogP contribution in [0, 0.1) is 0 Å². The van der Waals surface area contributed by atoms with Crippen molar-refractivity contribution in [3.8, 4) is 0 Å². The molecule has 1 aliphatic heterocycles. The molecule has 1 aliphatic rings. The molecule has 2 aromatic carbocycles. The summed E-state index contributed by atoms with van der Waals surface area (Å²) < 4.78 is 3.41. The molecule has 1 amide bonds. The number of piperazine rings is 1. The highest BCUT2D eigenvalue weighted by atomic mass is 35.6. The summed E-state index contributed by atoms with van der Waals surface area (Å²) in [5.41, 5.74) is 2.59. The van der Waals surface area contributed by atoms with Crippen LogP contribution in [0.2, 0.25) is 0 Å². The Bertz CT molecular complexity index is 1160. The maximum absolute atomic E-state index is 12.8. The number of aromatic nitrogens is 1. The third-order valence-corrected chi connectivity index (χ3v) is 6.82. The second-order valence-electron chi connectivity index (χ2n) is 7.73. The molecule has 0 unspecified atom stereocenters. The number of benzene rings is 2. The molecule has 10 heteroatoms. The molecule has 0 bridgehead atoms. The highest BCUT2D eigenvalue weighted by Gasteiger charge is 2.27. The number of rotatable bonds is 6. The van der Waals surface area contributed by atoms with E-state index in [2.05, 4.69) is 9.88 Å². The molecular formula is C24H22Cl3N3O3S. The predicted molar refractivity (Wildman–Crippen MR) is 139 cm³/mol. The number of carbonyl (C=O) groups is 2. The van der Waals surface area contributed by atoms with Gasteiger partial charge in [0.2, 0.25) is 3.79 Å². The molecule has 4 rings (SSSR count). The Morgan fingerprint density at radius 3 is 2.38 bits per heavy atom. The molecule has 1 aromatic heterocycles. The molecule has 178 valence electrons. The zero-order valence-electron chi connectivity index (χ0n) is 18.1. The molecule has 3 aromatic rings. The third-order valence-electron chi connectivity index (χ3n) is 5.42. The van der Waals surface area contributed by atoms with Crippen molar-refractivity contribution in [1.29, 1.82) is 0 Å². The van der Waals surface area contributed by atoms with Gasteiger partial charge in [0.05, 0.1) is 11.3 Å². The van der Waals surface area contributed by atoms with Gasteiger partial charge in [0, 0.05) is 53.9 Å². The summed E-state index contributed by atoms with van der Waals surface area (Å²) >= 11 is 18.4. The number of thioether (sulfide) groups is 1. The molecule has 0 radical (unpaired) electrons. The van der Waals surface area contributed by atoms with Crippen molar-refractivity contribution >= 4 is 75.0 Å². The summed E-state index contributed by atoms with van der Waals surface area (Å²) in [5.74, 6) is 0.418. The van der Waals surface area contributed by atoms with Crippen LogP contribution in [0.25, 0.3) is 10.9 Å². The van der Waals surface area contributed by atoms with E-state index in [0.29, 0.717) is 37.5 Å². The molecule has 6 nitrogen and oxygen atoms in total. The number of amides is 1. The van der Waals surface area contributed by atoms with E-state index in [4.69, 9.17) is 39.5 Å². The minimum atomic E-state index is -1.62. The van der Waals surface area contributed by atoms with Gasteiger partial charge in [-0.2, -0.15) is 0 Å². The average molecular weight is 539 g/mol. The molecule has 0 N–H and O–H groups in total. The van der Waals surface area contributed by atoms with Gasteiger partial charge in [0.25, 0.3) is 0 Å². The van der Waals surface area contributed by atoms with E-state index < -0.39 is 9.89 Å². The summed E-state index contributed by atoms with van der Waals surface area (Å²) in [6.45, 7) is 1.98. The first-order valence-corrected chi connectivity index (χ1v) is 12.8. The number of hydrogen-bond donors (Lipinski definition) is 0. The fraction of sp³-hybridized carbons (Fsp3) is 0.292. The van der Waals surface area contributed by atoms with E-state index in [0.717, 1.165) is 21.5 Å². The van der Waals surface area contributed by atoms with Gasteiger partial charge in [0.1, 0.15) is 6.61 Å². The van der Waals surface area contributed by atoms with Gasteiger partial charge in [-0.05, 0) is 36.4 Å². The van der Waals surface area contributed by atoms with Crippen molar-refractivity contribution in [1.82, 2.24) is 9.88 Å². The number of ether oxygens (including phenoxy) is 1. The number of ketones is 1. The number of halogens is 3. The lowest BCUT2D eigenvalue weighted by molar-refractivity contribution is 0.101. The summed E-state index contributed by atoms with van der Waals surface area (Å²) in [4.78, 5) is 34.0. The minimum absolute atomic E-state index is 0.0685. The van der Waals surface area contributed by atoms with E-state index in [1.807, 2.05) is 54.6 Å². The highest BCUT2D eigenvalue weighted by Crippen LogP contribution is 2.28. The van der Waals surface area contributed by atoms with Crippen LogP contribution in [0.15, 0.2) is 65.7 Å². The van der Waals surface area contributed by atoms with E-state index in [1.165, 1.54) is 11.8 Å². The van der Waals surface area contributed by atoms with Gasteiger partial charge >= 0.3 is 6.09 Å². The second kappa shape index (κ2) is 11.0. The maximum Gasteiger partial charge on any atom is 0.410 e. The van der Waals surface area contributed by atoms with Crippen LogP contribution in [0.1, 0.15) is 10.4 Å². The second-order valence-corrected chi connectivity index (χ2v) is 11.3. The Labute approximate surface area is 217 Å². The van der Waals surface area contributed by atoms with Gasteiger partial charge < -0.3 is 14.5 Å². The zero-order chi connectivity index (χ0) is 24.1. The predicted octanol–water partition coefficient (Wildman–Crippen LogP) is 5.84. The van der Waals surface area contributed by atoms with Gasteiger partial charge in [-0.3, -0.25) is 9.78 Å². The number of alkyl halides is 3. The lowest BCUT2D eigenvalue weighted by Gasteiger charge is -2.35. The number of fused-ring (bicyclic) bond motifs is 1. The molecule has 0 atom stereocenters. The number of pyridine rings is 1. The number of anilines is 1. The van der Waals surface area contributed by atoms with Gasteiger partial charge in [-0.15, -0.1) is 11.8 Å². The van der Waals surface area contributed by atoms with E-state index in [9.17, 15) is 9.59 Å². The molecule has 2 heterocycles. The first kappa shape index (κ1) is 24.9. The maximum atomic E-state index is 12.8. The third kappa shape index (κ3) is 6.48. The number of para-hydroxylation sites is 1. The number of carbonyl (C=O) groups excluding carboxylic acids is 2. The van der Waals surface area contributed by atoms with Crippen LogP contribution in [-0.2, 0) is 4.74 Å². The van der Waals surface area contributed by atoms with E-state index in [-0.39, 0.29) is 12.4 Å². The smallest absolute Gasteiger partial charge is 0.410 e. The first-order chi connectivity index (χ1) is 16.3. The van der Waals surface area contributed by atoms with Crippen molar-refractivity contribution in [3.63, 3.8) is 0 Å². The van der Waals surface area contributed by atoms with E-state index in [1.54, 1.807) is 11.1 Å². The topological polar surface area (TPSA) is 62.7 Å². The summed E-state index contributed by atoms with van der Waals surface area (Å²) in [5, 5.41) is 1.05. The van der Waals surface area contributed by atoms with Crippen LogP contribution in [0.4, 0.5) is 10.5 Å². The number of Topliss-reactive ketones (excluding diaryl/α,β-unsaturated/α-hetero) is 1. The molecule has 0 saturated carbocycles.